The van der Waals surface area contributed by atoms with Gasteiger partial charge in [0.2, 0.25) is 0 Å². The Morgan fingerprint density at radius 2 is 1.86 bits per heavy atom. The molecule has 116 valence electrons. The molecule has 0 aliphatic rings. The summed E-state index contributed by atoms with van der Waals surface area (Å²) in [5.41, 5.74) is 0.994. The highest BCUT2D eigenvalue weighted by atomic mass is 127. The molecule has 0 radical (unpaired) electrons. The third-order valence-corrected chi connectivity index (χ3v) is 3.60. The molecule has 1 N–H and O–H groups in total. The van der Waals surface area contributed by atoms with Crippen LogP contribution in [0.2, 0.25) is 0 Å². The van der Waals surface area contributed by atoms with E-state index in [1.54, 1.807) is 0 Å². The van der Waals surface area contributed by atoms with Crippen LogP contribution in [0.25, 0.3) is 0 Å². The quantitative estimate of drug-likeness (QED) is 0.711. The fraction of sp³-hybridized carbons (Fsp3) is 0.235. The van der Waals surface area contributed by atoms with Crippen molar-refractivity contribution in [3.63, 3.8) is 0 Å². The fourth-order valence-electron chi connectivity index (χ4n) is 1.84. The highest BCUT2D eigenvalue weighted by molar-refractivity contribution is 14.1. The van der Waals surface area contributed by atoms with Gasteiger partial charge in [0.05, 0.1) is 6.61 Å². The van der Waals surface area contributed by atoms with Crippen molar-refractivity contribution >= 4 is 28.5 Å². The highest BCUT2D eigenvalue weighted by Gasteiger charge is 2.03. The molecule has 0 bridgehead atoms. The second-order valence-electron chi connectivity index (χ2n) is 4.60. The average molecular weight is 411 g/mol. The first-order valence-electron chi connectivity index (χ1n) is 7.04. The summed E-state index contributed by atoms with van der Waals surface area (Å²) in [5.74, 6) is 1.35. The topological polar surface area (TPSA) is 47.6 Å². The number of hydrogen-bond acceptors (Lipinski definition) is 3. The van der Waals surface area contributed by atoms with E-state index in [4.69, 9.17) is 9.47 Å². The Hall–Kier alpha value is -1.76. The summed E-state index contributed by atoms with van der Waals surface area (Å²) in [6.45, 7) is 3.03. The summed E-state index contributed by atoms with van der Waals surface area (Å²) in [4.78, 5) is 11.8. The molecule has 0 fully saturated rings. The molecule has 1 amide bonds. The predicted molar refractivity (Wildman–Crippen MR) is 94.1 cm³/mol. The monoisotopic (exact) mass is 411 g/mol. The van der Waals surface area contributed by atoms with Crippen molar-refractivity contribution in [2.75, 3.05) is 13.2 Å². The Labute approximate surface area is 144 Å². The molecular weight excluding hydrogens is 393 g/mol. The van der Waals surface area contributed by atoms with Crippen LogP contribution in [0.4, 0.5) is 0 Å². The Bertz CT molecular complexity index is 614. The maximum atomic E-state index is 11.8. The van der Waals surface area contributed by atoms with Gasteiger partial charge in [-0.05, 0) is 71.5 Å². The molecule has 0 saturated heterocycles. The number of carbonyl (C=O) groups excluding carboxylic acids is 1. The zero-order chi connectivity index (χ0) is 15.8. The number of rotatable bonds is 7. The zero-order valence-electron chi connectivity index (χ0n) is 12.3. The van der Waals surface area contributed by atoms with E-state index in [0.717, 1.165) is 14.9 Å². The van der Waals surface area contributed by atoms with E-state index < -0.39 is 0 Å². The van der Waals surface area contributed by atoms with Crippen LogP contribution in [0.3, 0.4) is 0 Å². The summed E-state index contributed by atoms with van der Waals surface area (Å²) >= 11 is 2.22. The number of ether oxygens (including phenoxy) is 2. The van der Waals surface area contributed by atoms with Crippen molar-refractivity contribution in [3.8, 4) is 11.5 Å². The van der Waals surface area contributed by atoms with Crippen molar-refractivity contribution in [1.29, 1.82) is 0 Å². The molecule has 0 spiro atoms. The average Bonchev–Trinajstić information content (AvgIpc) is 2.53. The molecule has 0 aliphatic carbocycles. The number of amides is 1. The van der Waals surface area contributed by atoms with Gasteiger partial charge in [0, 0.05) is 10.1 Å². The molecule has 0 heterocycles. The first-order valence-corrected chi connectivity index (χ1v) is 8.12. The molecule has 0 atom stereocenters. The van der Waals surface area contributed by atoms with E-state index in [2.05, 4.69) is 27.9 Å². The van der Waals surface area contributed by atoms with Crippen molar-refractivity contribution in [3.05, 3.63) is 57.7 Å². The molecule has 5 heteroatoms. The van der Waals surface area contributed by atoms with Gasteiger partial charge in [0.15, 0.2) is 6.61 Å². The van der Waals surface area contributed by atoms with E-state index >= 15 is 0 Å². The molecule has 4 nitrogen and oxygen atoms in total. The second-order valence-corrected chi connectivity index (χ2v) is 5.85. The van der Waals surface area contributed by atoms with Gasteiger partial charge in [-0.1, -0.05) is 12.1 Å². The van der Waals surface area contributed by atoms with Crippen molar-refractivity contribution < 1.29 is 14.3 Å². The largest absolute Gasteiger partial charge is 0.494 e. The molecule has 0 unspecified atom stereocenters. The smallest absolute Gasteiger partial charge is 0.258 e. The van der Waals surface area contributed by atoms with Crippen LogP contribution < -0.4 is 14.8 Å². The lowest BCUT2D eigenvalue weighted by Gasteiger charge is -2.09. The van der Waals surface area contributed by atoms with Gasteiger partial charge in [-0.2, -0.15) is 0 Å². The molecule has 2 rings (SSSR count). The minimum absolute atomic E-state index is 0.00570. The minimum atomic E-state index is -0.152. The predicted octanol–water partition coefficient (Wildman–Crippen LogP) is 3.39. The van der Waals surface area contributed by atoms with Crippen LogP contribution in [-0.2, 0) is 11.3 Å². The minimum Gasteiger partial charge on any atom is -0.494 e. The van der Waals surface area contributed by atoms with Crippen LogP contribution in [0, 0.1) is 3.57 Å². The normalized spacial score (nSPS) is 10.1. The maximum Gasteiger partial charge on any atom is 0.258 e. The molecule has 22 heavy (non-hydrogen) atoms. The van der Waals surface area contributed by atoms with Gasteiger partial charge < -0.3 is 14.8 Å². The fourth-order valence-corrected chi connectivity index (χ4v) is 2.20. The Morgan fingerprint density at radius 3 is 2.59 bits per heavy atom. The van der Waals surface area contributed by atoms with Gasteiger partial charge in [0.1, 0.15) is 11.5 Å². The lowest BCUT2D eigenvalue weighted by atomic mass is 10.2. The number of hydrogen-bond donors (Lipinski definition) is 1. The summed E-state index contributed by atoms with van der Waals surface area (Å²) in [5, 5.41) is 2.83. The van der Waals surface area contributed by atoms with E-state index in [9.17, 15) is 4.79 Å². The zero-order valence-corrected chi connectivity index (χ0v) is 14.5. The van der Waals surface area contributed by atoms with Gasteiger partial charge >= 0.3 is 0 Å². The standard InChI is InChI=1S/C17H18INO3/c1-2-21-16-5-3-4-13(10-16)11-19-17(20)12-22-15-8-6-14(18)7-9-15/h3-10H,2,11-12H2,1H3,(H,19,20). The summed E-state index contributed by atoms with van der Waals surface area (Å²) in [6.07, 6.45) is 0. The molecule has 2 aromatic carbocycles. The highest BCUT2D eigenvalue weighted by Crippen LogP contribution is 2.14. The summed E-state index contributed by atoms with van der Waals surface area (Å²) < 4.78 is 12.0. The van der Waals surface area contributed by atoms with Gasteiger partial charge in [-0.3, -0.25) is 4.79 Å². The van der Waals surface area contributed by atoms with Crippen molar-refractivity contribution in [1.82, 2.24) is 5.32 Å². The van der Waals surface area contributed by atoms with E-state index in [-0.39, 0.29) is 12.5 Å². The first-order chi connectivity index (χ1) is 10.7. The van der Waals surface area contributed by atoms with Crippen molar-refractivity contribution in [2.45, 2.75) is 13.5 Å². The SMILES string of the molecule is CCOc1cccc(CNC(=O)COc2ccc(I)cc2)c1. The van der Waals surface area contributed by atoms with Gasteiger partial charge in [-0.25, -0.2) is 0 Å². The lowest BCUT2D eigenvalue weighted by molar-refractivity contribution is -0.123. The van der Waals surface area contributed by atoms with Gasteiger partial charge in [0.25, 0.3) is 5.91 Å². The second kappa shape index (κ2) is 8.63. The Balaban J connectivity index is 1.77. The van der Waals surface area contributed by atoms with Crippen molar-refractivity contribution in [2.24, 2.45) is 0 Å². The molecule has 0 aromatic heterocycles. The first kappa shape index (κ1) is 16.6. The Kier molecular flexibility index (Phi) is 6.51. The maximum absolute atomic E-state index is 11.8. The van der Waals surface area contributed by atoms with E-state index in [1.807, 2.05) is 55.5 Å². The van der Waals surface area contributed by atoms with Crippen LogP contribution in [0.15, 0.2) is 48.5 Å². The number of benzene rings is 2. The molecule has 2 aromatic rings. The van der Waals surface area contributed by atoms with Crippen LogP contribution >= 0.6 is 22.6 Å². The van der Waals surface area contributed by atoms with E-state index in [1.165, 1.54) is 0 Å². The number of carbonyl (C=O) groups is 1. The lowest BCUT2D eigenvalue weighted by Crippen LogP contribution is -2.28. The van der Waals surface area contributed by atoms with Crippen LogP contribution in [0.1, 0.15) is 12.5 Å². The summed E-state index contributed by atoms with van der Waals surface area (Å²) in [6, 6.07) is 15.2. The third-order valence-electron chi connectivity index (χ3n) is 2.88. The summed E-state index contributed by atoms with van der Waals surface area (Å²) in [7, 11) is 0. The van der Waals surface area contributed by atoms with Crippen LogP contribution in [0.5, 0.6) is 11.5 Å². The molecule has 0 saturated carbocycles. The van der Waals surface area contributed by atoms with E-state index in [0.29, 0.717) is 18.9 Å². The number of nitrogens with one attached hydrogen (secondary N) is 1. The third kappa shape index (κ3) is 5.55. The molecular formula is C17H18INO3. The van der Waals surface area contributed by atoms with Gasteiger partial charge in [-0.15, -0.1) is 0 Å². The Morgan fingerprint density at radius 1 is 1.09 bits per heavy atom. The molecule has 0 aliphatic heterocycles. The van der Waals surface area contributed by atoms with Crippen LogP contribution in [-0.4, -0.2) is 19.1 Å². The number of halogens is 1.